The lowest BCUT2D eigenvalue weighted by atomic mass is 10.1. The molecule has 3 heterocycles. The third-order valence-corrected chi connectivity index (χ3v) is 5.87. The normalized spacial score (nSPS) is 14.3. The van der Waals surface area contributed by atoms with E-state index in [0.717, 1.165) is 34.6 Å². The molecule has 112 valence electrons. The second-order valence-corrected chi connectivity index (χ2v) is 7.29. The number of hydrogen-bond donors (Lipinski definition) is 2. The van der Waals surface area contributed by atoms with Crippen LogP contribution in [0.4, 0.5) is 0 Å². The zero-order valence-electron chi connectivity index (χ0n) is 11.5. The van der Waals surface area contributed by atoms with Gasteiger partial charge in [0.05, 0.1) is 5.39 Å². The van der Waals surface area contributed by atoms with Gasteiger partial charge in [-0.3, -0.25) is 9.59 Å². The molecule has 2 aromatic heterocycles. The molecule has 0 saturated carbocycles. The topological polar surface area (TPSA) is 83.0 Å². The number of carbonyl (C=O) groups is 1. The largest absolute Gasteiger partial charge is 0.481 e. The van der Waals surface area contributed by atoms with Crippen LogP contribution in [0.2, 0.25) is 0 Å². The van der Waals surface area contributed by atoms with Gasteiger partial charge in [-0.15, -0.1) is 11.3 Å². The predicted molar refractivity (Wildman–Crippen MR) is 85.3 cm³/mol. The number of nitrogens with zero attached hydrogens (tertiary/aromatic N) is 1. The van der Waals surface area contributed by atoms with E-state index in [1.165, 1.54) is 10.4 Å². The summed E-state index contributed by atoms with van der Waals surface area (Å²) in [5.74, 6) is 1.93. The second-order valence-electron chi connectivity index (χ2n) is 5.10. The summed E-state index contributed by atoms with van der Waals surface area (Å²) in [6.45, 7) is 0. The molecular weight excluding hydrogens is 308 g/mol. The summed E-state index contributed by atoms with van der Waals surface area (Å²) in [5.41, 5.74) is 1.14. The van der Waals surface area contributed by atoms with Gasteiger partial charge in [0.15, 0.2) is 0 Å². The van der Waals surface area contributed by atoms with E-state index in [0.29, 0.717) is 18.7 Å². The van der Waals surface area contributed by atoms with Gasteiger partial charge in [0, 0.05) is 23.5 Å². The molecule has 0 saturated heterocycles. The number of carboxylic acids is 1. The Balaban J connectivity index is 1.82. The van der Waals surface area contributed by atoms with Gasteiger partial charge in [-0.1, -0.05) is 0 Å². The fourth-order valence-electron chi connectivity index (χ4n) is 2.56. The smallest absolute Gasteiger partial charge is 0.303 e. The van der Waals surface area contributed by atoms with Gasteiger partial charge < -0.3 is 10.1 Å². The average Bonchev–Trinajstić information content (AvgIpc) is 2.82. The molecule has 3 rings (SSSR count). The molecule has 0 spiro atoms. The highest BCUT2D eigenvalue weighted by Crippen LogP contribution is 2.35. The molecule has 2 N–H and O–H groups in total. The standard InChI is InChI=1S/C14H16N2O3S2/c17-11(18)4-2-1-3-10-15-13(19)12-8-5-6-20-7-9(8)21-14(12)16-10/h1-7H2,(H,17,18)(H,15,16,19). The average molecular weight is 324 g/mol. The number of carboxylic acid groups (broad SMARTS) is 1. The monoisotopic (exact) mass is 324 g/mol. The molecule has 7 heteroatoms. The number of nitrogens with one attached hydrogen (secondary N) is 1. The third-order valence-electron chi connectivity index (χ3n) is 3.58. The molecule has 0 aliphatic carbocycles. The Kier molecular flexibility index (Phi) is 4.30. The number of fused-ring (bicyclic) bond motifs is 3. The van der Waals surface area contributed by atoms with E-state index < -0.39 is 5.97 Å². The molecule has 0 atom stereocenters. The lowest BCUT2D eigenvalue weighted by Crippen LogP contribution is -2.13. The highest BCUT2D eigenvalue weighted by Gasteiger charge is 2.19. The van der Waals surface area contributed by atoms with Crippen LogP contribution in [0.1, 0.15) is 35.5 Å². The number of hydrogen-bond acceptors (Lipinski definition) is 5. The van der Waals surface area contributed by atoms with Gasteiger partial charge in [-0.05, 0) is 30.6 Å². The van der Waals surface area contributed by atoms with Gasteiger partial charge >= 0.3 is 5.97 Å². The van der Waals surface area contributed by atoms with Crippen molar-refractivity contribution in [1.29, 1.82) is 0 Å². The van der Waals surface area contributed by atoms with Crippen LogP contribution >= 0.6 is 23.1 Å². The first-order valence-corrected chi connectivity index (χ1v) is 8.95. The molecule has 0 unspecified atom stereocenters. The Morgan fingerprint density at radius 2 is 2.24 bits per heavy atom. The summed E-state index contributed by atoms with van der Waals surface area (Å²) in [4.78, 5) is 32.3. The molecule has 21 heavy (non-hydrogen) atoms. The maximum atomic E-state index is 12.3. The zero-order chi connectivity index (χ0) is 14.8. The number of unbranched alkanes of at least 4 members (excludes halogenated alkanes) is 1. The molecule has 0 bridgehead atoms. The van der Waals surface area contributed by atoms with Crippen molar-refractivity contribution in [1.82, 2.24) is 9.97 Å². The molecule has 1 aliphatic heterocycles. The molecule has 0 amide bonds. The Bertz CT molecular complexity index is 736. The summed E-state index contributed by atoms with van der Waals surface area (Å²) >= 11 is 3.52. The lowest BCUT2D eigenvalue weighted by Gasteiger charge is -2.09. The van der Waals surface area contributed by atoms with Crippen molar-refractivity contribution in [3.63, 3.8) is 0 Å². The number of aromatic amines is 1. The fraction of sp³-hybridized carbons (Fsp3) is 0.500. The minimum absolute atomic E-state index is 0.0439. The Morgan fingerprint density at radius 3 is 3.05 bits per heavy atom. The second kappa shape index (κ2) is 6.19. The number of thioether (sulfide) groups is 1. The maximum Gasteiger partial charge on any atom is 0.303 e. The van der Waals surface area contributed by atoms with Crippen LogP contribution in [0.25, 0.3) is 10.2 Å². The highest BCUT2D eigenvalue weighted by molar-refractivity contribution is 7.98. The molecule has 5 nitrogen and oxygen atoms in total. The Hall–Kier alpha value is -1.34. The molecule has 0 aromatic carbocycles. The molecule has 1 aliphatic rings. The van der Waals surface area contributed by atoms with E-state index in [1.54, 1.807) is 11.3 Å². The summed E-state index contributed by atoms with van der Waals surface area (Å²) in [7, 11) is 0. The van der Waals surface area contributed by atoms with E-state index in [9.17, 15) is 9.59 Å². The van der Waals surface area contributed by atoms with Crippen LogP contribution in [0.5, 0.6) is 0 Å². The number of aliphatic carboxylic acids is 1. The van der Waals surface area contributed by atoms with Crippen molar-refractivity contribution in [2.75, 3.05) is 5.75 Å². The fourth-order valence-corrected chi connectivity index (χ4v) is 4.93. The minimum atomic E-state index is -0.782. The Morgan fingerprint density at radius 1 is 1.38 bits per heavy atom. The van der Waals surface area contributed by atoms with Crippen molar-refractivity contribution in [2.24, 2.45) is 0 Å². The van der Waals surface area contributed by atoms with Crippen LogP contribution in [0, 0.1) is 0 Å². The number of aryl methyl sites for hydroxylation is 2. The first-order chi connectivity index (χ1) is 10.1. The van der Waals surface area contributed by atoms with E-state index in [-0.39, 0.29) is 12.0 Å². The third kappa shape index (κ3) is 3.13. The van der Waals surface area contributed by atoms with E-state index in [1.807, 2.05) is 11.8 Å². The van der Waals surface area contributed by atoms with Crippen LogP contribution in [-0.4, -0.2) is 26.8 Å². The SMILES string of the molecule is O=C(O)CCCCc1nc2sc3c(c2c(=O)[nH]1)CCSC3. The van der Waals surface area contributed by atoms with Crippen molar-refractivity contribution in [3.05, 3.63) is 26.6 Å². The van der Waals surface area contributed by atoms with Gasteiger partial charge in [0.2, 0.25) is 0 Å². The first kappa shape index (κ1) is 14.6. The van der Waals surface area contributed by atoms with Gasteiger partial charge in [0.1, 0.15) is 10.7 Å². The number of rotatable bonds is 5. The van der Waals surface area contributed by atoms with Gasteiger partial charge in [-0.2, -0.15) is 11.8 Å². The minimum Gasteiger partial charge on any atom is -0.481 e. The summed E-state index contributed by atoms with van der Waals surface area (Å²) in [6, 6.07) is 0. The van der Waals surface area contributed by atoms with Crippen molar-refractivity contribution < 1.29 is 9.90 Å². The predicted octanol–water partition coefficient (Wildman–Crippen LogP) is 2.57. The zero-order valence-corrected chi connectivity index (χ0v) is 13.1. The quantitative estimate of drug-likeness (QED) is 0.826. The maximum absolute atomic E-state index is 12.3. The molecule has 2 aromatic rings. The first-order valence-electron chi connectivity index (χ1n) is 6.98. The highest BCUT2D eigenvalue weighted by atomic mass is 32.2. The number of H-pyrrole nitrogens is 1. The van der Waals surface area contributed by atoms with Gasteiger partial charge in [-0.25, -0.2) is 4.98 Å². The van der Waals surface area contributed by atoms with E-state index in [4.69, 9.17) is 5.11 Å². The van der Waals surface area contributed by atoms with Crippen LogP contribution in [-0.2, 0) is 23.4 Å². The number of aromatic nitrogens is 2. The molecule has 0 radical (unpaired) electrons. The number of thiophene rings is 1. The van der Waals surface area contributed by atoms with E-state index in [2.05, 4.69) is 9.97 Å². The van der Waals surface area contributed by atoms with Crippen molar-refractivity contribution in [3.8, 4) is 0 Å². The Labute approximate surface area is 129 Å². The van der Waals surface area contributed by atoms with Crippen LogP contribution < -0.4 is 5.56 Å². The van der Waals surface area contributed by atoms with Crippen molar-refractivity contribution in [2.45, 2.75) is 37.9 Å². The summed E-state index contributed by atoms with van der Waals surface area (Å²) in [5, 5.41) is 9.38. The van der Waals surface area contributed by atoms with Crippen molar-refractivity contribution >= 4 is 39.3 Å². The lowest BCUT2D eigenvalue weighted by molar-refractivity contribution is -0.137. The summed E-state index contributed by atoms with van der Waals surface area (Å²) in [6.07, 6.45) is 3.06. The van der Waals surface area contributed by atoms with Gasteiger partial charge in [0.25, 0.3) is 5.56 Å². The summed E-state index contributed by atoms with van der Waals surface area (Å²) < 4.78 is 0. The molecular formula is C14H16N2O3S2. The molecule has 0 fully saturated rings. The van der Waals surface area contributed by atoms with Crippen LogP contribution in [0.15, 0.2) is 4.79 Å². The van der Waals surface area contributed by atoms with Crippen LogP contribution in [0.3, 0.4) is 0 Å². The van der Waals surface area contributed by atoms with E-state index >= 15 is 0 Å².